The Balaban J connectivity index is 1.48. The Morgan fingerprint density at radius 3 is 2.64 bits per heavy atom. The lowest BCUT2D eigenvalue weighted by atomic mass is 10.00. The Kier molecular flexibility index (Phi) is 7.63. The minimum atomic E-state index is 0.193. The second-order valence-corrected chi connectivity index (χ2v) is 6.91. The number of hydrogen-bond donors (Lipinski definition) is 1. The molecule has 128 valence electrons. The molecule has 22 heavy (non-hydrogen) atoms. The Morgan fingerprint density at radius 2 is 1.91 bits per heavy atom. The van der Waals surface area contributed by atoms with E-state index in [2.05, 4.69) is 29.2 Å². The Labute approximate surface area is 135 Å². The molecule has 2 heterocycles. The number of rotatable bonds is 7. The summed E-state index contributed by atoms with van der Waals surface area (Å²) in [6.07, 6.45) is 7.93. The van der Waals surface area contributed by atoms with E-state index >= 15 is 0 Å². The summed E-state index contributed by atoms with van der Waals surface area (Å²) in [5.41, 5.74) is 0. The average molecular weight is 311 g/mol. The van der Waals surface area contributed by atoms with Crippen LogP contribution in [-0.4, -0.2) is 74.7 Å². The van der Waals surface area contributed by atoms with E-state index in [9.17, 15) is 4.79 Å². The van der Waals surface area contributed by atoms with Crippen molar-refractivity contribution < 1.29 is 9.53 Å². The van der Waals surface area contributed by atoms with E-state index in [0.717, 1.165) is 58.5 Å². The molecule has 1 unspecified atom stereocenters. The molecule has 0 saturated carbocycles. The van der Waals surface area contributed by atoms with Gasteiger partial charge in [-0.25, -0.2) is 0 Å². The summed E-state index contributed by atoms with van der Waals surface area (Å²) in [6, 6.07) is 0.434. The van der Waals surface area contributed by atoms with Crippen molar-refractivity contribution in [2.75, 3.05) is 46.9 Å². The maximum absolute atomic E-state index is 12.0. The first-order valence-electron chi connectivity index (χ1n) is 8.92. The molecule has 0 aromatic rings. The zero-order chi connectivity index (χ0) is 15.8. The fourth-order valence-corrected chi connectivity index (χ4v) is 3.39. The van der Waals surface area contributed by atoms with Crippen molar-refractivity contribution in [3.05, 3.63) is 0 Å². The molecular formula is C17H33N3O2. The van der Waals surface area contributed by atoms with Crippen LogP contribution >= 0.6 is 0 Å². The van der Waals surface area contributed by atoms with Crippen LogP contribution in [0.3, 0.4) is 0 Å². The normalized spacial score (nSPS) is 25.3. The van der Waals surface area contributed by atoms with Crippen LogP contribution in [0.15, 0.2) is 0 Å². The summed E-state index contributed by atoms with van der Waals surface area (Å²) in [5, 5.41) is 3.04. The molecule has 2 fully saturated rings. The van der Waals surface area contributed by atoms with Gasteiger partial charge in [0.1, 0.15) is 0 Å². The van der Waals surface area contributed by atoms with Gasteiger partial charge in [-0.05, 0) is 52.7 Å². The zero-order valence-corrected chi connectivity index (χ0v) is 14.4. The summed E-state index contributed by atoms with van der Waals surface area (Å²) in [7, 11) is 4.29. The Hall–Kier alpha value is -0.650. The quantitative estimate of drug-likeness (QED) is 0.723. The largest absolute Gasteiger partial charge is 0.378 e. The number of likely N-dealkylation sites (tertiary alicyclic amines) is 2. The molecule has 0 aromatic heterocycles. The van der Waals surface area contributed by atoms with E-state index in [1.54, 1.807) is 0 Å². The smallest absolute Gasteiger partial charge is 0.221 e. The first kappa shape index (κ1) is 17.7. The van der Waals surface area contributed by atoms with Crippen molar-refractivity contribution >= 4 is 5.91 Å². The summed E-state index contributed by atoms with van der Waals surface area (Å²) in [4.78, 5) is 16.6. The van der Waals surface area contributed by atoms with E-state index in [4.69, 9.17) is 4.74 Å². The second kappa shape index (κ2) is 9.48. The predicted molar refractivity (Wildman–Crippen MR) is 89.0 cm³/mol. The minimum Gasteiger partial charge on any atom is -0.378 e. The van der Waals surface area contributed by atoms with Crippen molar-refractivity contribution in [2.24, 2.45) is 0 Å². The SMILES string of the molecule is CN1CCC(OCCCNC(=O)CC2CCCCN2C)CC1. The predicted octanol–water partition coefficient (Wildman–Crippen LogP) is 1.48. The van der Waals surface area contributed by atoms with E-state index in [1.807, 2.05) is 0 Å². The average Bonchev–Trinajstić information content (AvgIpc) is 2.51. The molecule has 5 heteroatoms. The van der Waals surface area contributed by atoms with Crippen molar-refractivity contribution in [2.45, 2.75) is 57.1 Å². The second-order valence-electron chi connectivity index (χ2n) is 6.91. The van der Waals surface area contributed by atoms with Crippen LogP contribution in [0.5, 0.6) is 0 Å². The van der Waals surface area contributed by atoms with Gasteiger partial charge in [0.2, 0.25) is 5.91 Å². The molecule has 0 spiro atoms. The molecule has 0 bridgehead atoms. The third-order valence-electron chi connectivity index (χ3n) is 5.00. The molecule has 2 aliphatic rings. The van der Waals surface area contributed by atoms with Gasteiger partial charge in [0.05, 0.1) is 6.10 Å². The van der Waals surface area contributed by atoms with Crippen molar-refractivity contribution in [1.82, 2.24) is 15.1 Å². The number of carbonyl (C=O) groups is 1. The van der Waals surface area contributed by atoms with Crippen LogP contribution in [0, 0.1) is 0 Å². The fraction of sp³-hybridized carbons (Fsp3) is 0.941. The van der Waals surface area contributed by atoms with Gasteiger partial charge < -0.3 is 19.9 Å². The summed E-state index contributed by atoms with van der Waals surface area (Å²) in [5.74, 6) is 0.193. The maximum Gasteiger partial charge on any atom is 0.221 e. The molecule has 1 amide bonds. The monoisotopic (exact) mass is 311 g/mol. The number of hydrogen-bond acceptors (Lipinski definition) is 4. The van der Waals surface area contributed by atoms with Crippen LogP contribution in [0.2, 0.25) is 0 Å². The molecule has 0 radical (unpaired) electrons. The van der Waals surface area contributed by atoms with Crippen LogP contribution < -0.4 is 5.32 Å². The highest BCUT2D eigenvalue weighted by Gasteiger charge is 2.21. The molecule has 2 aliphatic heterocycles. The Morgan fingerprint density at radius 1 is 1.14 bits per heavy atom. The standard InChI is InChI=1S/C17H33N3O2/c1-19-11-7-16(8-12-19)22-13-5-9-18-17(21)14-15-6-3-4-10-20(15)2/h15-16H,3-14H2,1-2H3,(H,18,21). The summed E-state index contributed by atoms with van der Waals surface area (Å²) in [6.45, 7) is 4.90. The lowest BCUT2D eigenvalue weighted by Crippen LogP contribution is -2.40. The van der Waals surface area contributed by atoms with E-state index in [1.165, 1.54) is 12.8 Å². The Bertz CT molecular complexity index is 330. The van der Waals surface area contributed by atoms with E-state index < -0.39 is 0 Å². The van der Waals surface area contributed by atoms with Crippen LogP contribution in [0.4, 0.5) is 0 Å². The number of piperidine rings is 2. The highest BCUT2D eigenvalue weighted by atomic mass is 16.5. The van der Waals surface area contributed by atoms with Gasteiger partial charge in [-0.15, -0.1) is 0 Å². The van der Waals surface area contributed by atoms with Gasteiger partial charge in [0, 0.05) is 38.7 Å². The molecule has 5 nitrogen and oxygen atoms in total. The van der Waals surface area contributed by atoms with Gasteiger partial charge in [-0.1, -0.05) is 6.42 Å². The lowest BCUT2D eigenvalue weighted by Gasteiger charge is -2.32. The lowest BCUT2D eigenvalue weighted by molar-refractivity contribution is -0.122. The molecule has 1 atom stereocenters. The molecular weight excluding hydrogens is 278 g/mol. The number of ether oxygens (including phenoxy) is 1. The zero-order valence-electron chi connectivity index (χ0n) is 14.4. The summed E-state index contributed by atoms with van der Waals surface area (Å²) >= 11 is 0. The molecule has 2 saturated heterocycles. The van der Waals surface area contributed by atoms with E-state index in [0.29, 0.717) is 18.6 Å². The maximum atomic E-state index is 12.0. The van der Waals surface area contributed by atoms with Crippen LogP contribution in [0.1, 0.15) is 44.9 Å². The number of nitrogens with one attached hydrogen (secondary N) is 1. The topological polar surface area (TPSA) is 44.8 Å². The highest BCUT2D eigenvalue weighted by Crippen LogP contribution is 2.17. The van der Waals surface area contributed by atoms with E-state index in [-0.39, 0.29) is 5.91 Å². The highest BCUT2D eigenvalue weighted by molar-refractivity contribution is 5.76. The van der Waals surface area contributed by atoms with Gasteiger partial charge in [-0.2, -0.15) is 0 Å². The number of amides is 1. The summed E-state index contributed by atoms with van der Waals surface area (Å²) < 4.78 is 5.89. The molecule has 0 aromatic carbocycles. The van der Waals surface area contributed by atoms with Crippen molar-refractivity contribution in [3.63, 3.8) is 0 Å². The van der Waals surface area contributed by atoms with Crippen LogP contribution in [0.25, 0.3) is 0 Å². The number of carbonyl (C=O) groups excluding carboxylic acids is 1. The number of nitrogens with zero attached hydrogens (tertiary/aromatic N) is 2. The van der Waals surface area contributed by atoms with Gasteiger partial charge in [-0.3, -0.25) is 4.79 Å². The first-order chi connectivity index (χ1) is 10.6. The molecule has 0 aliphatic carbocycles. The third-order valence-corrected chi connectivity index (χ3v) is 5.00. The van der Waals surface area contributed by atoms with Crippen molar-refractivity contribution in [3.8, 4) is 0 Å². The fourth-order valence-electron chi connectivity index (χ4n) is 3.39. The first-order valence-corrected chi connectivity index (χ1v) is 8.92. The molecule has 2 rings (SSSR count). The van der Waals surface area contributed by atoms with Gasteiger partial charge in [0.25, 0.3) is 0 Å². The van der Waals surface area contributed by atoms with Crippen molar-refractivity contribution in [1.29, 1.82) is 0 Å². The van der Waals surface area contributed by atoms with Gasteiger partial charge in [0.15, 0.2) is 0 Å². The minimum absolute atomic E-state index is 0.193. The third kappa shape index (κ3) is 6.23. The molecule has 1 N–H and O–H groups in total. The van der Waals surface area contributed by atoms with Crippen LogP contribution in [-0.2, 0) is 9.53 Å². The van der Waals surface area contributed by atoms with Gasteiger partial charge >= 0.3 is 0 Å².